The van der Waals surface area contributed by atoms with Crippen LogP contribution in [0.3, 0.4) is 0 Å². The van der Waals surface area contributed by atoms with Crippen LogP contribution in [0.4, 0.5) is 0 Å². The van der Waals surface area contributed by atoms with Crippen molar-refractivity contribution in [1.29, 1.82) is 0 Å². The lowest BCUT2D eigenvalue weighted by Gasteiger charge is -2.37. The molecule has 4 atom stereocenters. The van der Waals surface area contributed by atoms with E-state index in [4.69, 9.17) is 9.47 Å². The predicted octanol–water partition coefficient (Wildman–Crippen LogP) is 2.74. The van der Waals surface area contributed by atoms with Crippen molar-refractivity contribution in [1.82, 2.24) is 0 Å². The van der Waals surface area contributed by atoms with Gasteiger partial charge in [-0.2, -0.15) is 0 Å². The molecule has 3 rings (SSSR count). The molecule has 2 aliphatic carbocycles. The number of aliphatic hydroxyl groups is 1. The minimum Gasteiger partial charge on any atom is -0.392 e. The van der Waals surface area contributed by atoms with Gasteiger partial charge in [0.05, 0.1) is 13.2 Å². The summed E-state index contributed by atoms with van der Waals surface area (Å²) < 4.78 is 11.8. The number of hydrogen-bond donors (Lipinski definition) is 1. The highest BCUT2D eigenvalue weighted by molar-refractivity contribution is 5.30. The predicted molar refractivity (Wildman–Crippen MR) is 73.6 cm³/mol. The SMILES string of the molecule is CO[C@]12C[C@H](CO1)C(CO)=C1CC(C)(C)C[C@H]1[C@H]2C. The van der Waals surface area contributed by atoms with Crippen molar-refractivity contribution >= 4 is 0 Å². The topological polar surface area (TPSA) is 38.7 Å². The smallest absolute Gasteiger partial charge is 0.171 e. The van der Waals surface area contributed by atoms with Gasteiger partial charge in [0.2, 0.25) is 0 Å². The van der Waals surface area contributed by atoms with Crippen LogP contribution in [0.15, 0.2) is 11.1 Å². The molecule has 0 amide bonds. The fourth-order valence-electron chi connectivity index (χ4n) is 4.64. The molecular formula is C16H26O3. The van der Waals surface area contributed by atoms with Crippen molar-refractivity contribution in [3.05, 3.63) is 11.1 Å². The van der Waals surface area contributed by atoms with Gasteiger partial charge in [0.15, 0.2) is 5.79 Å². The van der Waals surface area contributed by atoms with Crippen LogP contribution >= 0.6 is 0 Å². The van der Waals surface area contributed by atoms with Crippen LogP contribution < -0.4 is 0 Å². The van der Waals surface area contributed by atoms with Crippen LogP contribution in [0.25, 0.3) is 0 Å². The third-order valence-electron chi connectivity index (χ3n) is 5.67. The summed E-state index contributed by atoms with van der Waals surface area (Å²) in [7, 11) is 1.77. The fraction of sp³-hybridized carbons (Fsp3) is 0.875. The molecule has 0 unspecified atom stereocenters. The van der Waals surface area contributed by atoms with E-state index in [-0.39, 0.29) is 6.61 Å². The summed E-state index contributed by atoms with van der Waals surface area (Å²) in [5, 5.41) is 9.84. The van der Waals surface area contributed by atoms with Gasteiger partial charge in [0, 0.05) is 25.4 Å². The Bertz CT molecular complexity index is 412. The van der Waals surface area contributed by atoms with Gasteiger partial charge in [-0.1, -0.05) is 26.3 Å². The number of hydrogen-bond acceptors (Lipinski definition) is 3. The zero-order valence-corrected chi connectivity index (χ0v) is 12.5. The van der Waals surface area contributed by atoms with Gasteiger partial charge in [-0.25, -0.2) is 0 Å². The van der Waals surface area contributed by atoms with E-state index >= 15 is 0 Å². The summed E-state index contributed by atoms with van der Waals surface area (Å²) in [6.45, 7) is 7.81. The first kappa shape index (κ1) is 13.6. The molecule has 1 saturated carbocycles. The standard InChI is InChI=1S/C16H26O3/c1-10-12-6-15(2,3)7-13(12)14(8-17)11-5-16(10,18-4)19-9-11/h10-12,17H,5-9H2,1-4H3/t10-,11-,12+,16-/m1/s1. The molecule has 19 heavy (non-hydrogen) atoms. The Labute approximate surface area is 116 Å². The van der Waals surface area contributed by atoms with Gasteiger partial charge in [-0.3, -0.25) is 0 Å². The number of rotatable bonds is 2. The molecule has 0 aromatic rings. The van der Waals surface area contributed by atoms with E-state index in [9.17, 15) is 5.11 Å². The third-order valence-corrected chi connectivity index (χ3v) is 5.67. The zero-order valence-electron chi connectivity index (χ0n) is 12.5. The van der Waals surface area contributed by atoms with Crippen LogP contribution in [0, 0.1) is 23.2 Å². The molecule has 3 nitrogen and oxygen atoms in total. The van der Waals surface area contributed by atoms with Crippen molar-refractivity contribution in [2.75, 3.05) is 20.3 Å². The second-order valence-corrected chi connectivity index (χ2v) is 7.38. The molecule has 1 heterocycles. The van der Waals surface area contributed by atoms with E-state index in [1.807, 2.05) is 0 Å². The Balaban J connectivity index is 2.07. The van der Waals surface area contributed by atoms with Crippen molar-refractivity contribution in [2.45, 2.75) is 45.8 Å². The molecule has 0 radical (unpaired) electrons. The summed E-state index contributed by atoms with van der Waals surface area (Å²) >= 11 is 0. The van der Waals surface area contributed by atoms with Crippen molar-refractivity contribution in [2.24, 2.45) is 23.2 Å². The number of fused-ring (bicyclic) bond motifs is 3. The Morgan fingerprint density at radius 2 is 2.11 bits per heavy atom. The minimum atomic E-state index is -0.433. The Morgan fingerprint density at radius 3 is 2.74 bits per heavy atom. The highest BCUT2D eigenvalue weighted by Gasteiger charge is 2.55. The van der Waals surface area contributed by atoms with Gasteiger partial charge in [-0.05, 0) is 29.7 Å². The molecule has 0 spiro atoms. The van der Waals surface area contributed by atoms with E-state index in [0.717, 1.165) is 12.8 Å². The summed E-state index contributed by atoms with van der Waals surface area (Å²) in [5.41, 5.74) is 3.09. The Hall–Kier alpha value is -0.380. The van der Waals surface area contributed by atoms with Crippen LogP contribution in [-0.4, -0.2) is 31.2 Å². The lowest BCUT2D eigenvalue weighted by molar-refractivity contribution is -0.231. The van der Waals surface area contributed by atoms with Gasteiger partial charge in [0.25, 0.3) is 0 Å². The highest BCUT2D eigenvalue weighted by Crippen LogP contribution is 2.57. The van der Waals surface area contributed by atoms with Crippen molar-refractivity contribution in [3.8, 4) is 0 Å². The number of methoxy groups -OCH3 is 1. The minimum absolute atomic E-state index is 0.183. The first-order chi connectivity index (χ1) is 8.92. The average Bonchev–Trinajstić information content (AvgIpc) is 2.90. The van der Waals surface area contributed by atoms with E-state index in [1.165, 1.54) is 17.6 Å². The van der Waals surface area contributed by atoms with Crippen molar-refractivity contribution in [3.63, 3.8) is 0 Å². The molecular weight excluding hydrogens is 240 g/mol. The molecule has 108 valence electrons. The summed E-state index contributed by atoms with van der Waals surface area (Å²) in [5.74, 6) is 0.782. The molecule has 3 heteroatoms. The first-order valence-corrected chi connectivity index (χ1v) is 7.44. The maximum absolute atomic E-state index is 9.84. The van der Waals surface area contributed by atoms with Gasteiger partial charge in [0.1, 0.15) is 0 Å². The van der Waals surface area contributed by atoms with E-state index in [0.29, 0.717) is 29.8 Å². The third kappa shape index (κ3) is 1.90. The number of allylic oxidation sites excluding steroid dienone is 1. The van der Waals surface area contributed by atoms with Crippen LogP contribution in [0.5, 0.6) is 0 Å². The van der Waals surface area contributed by atoms with E-state index < -0.39 is 5.79 Å². The summed E-state index contributed by atoms with van der Waals surface area (Å²) in [6, 6.07) is 0. The maximum atomic E-state index is 9.84. The molecule has 2 bridgehead atoms. The number of ether oxygens (including phenoxy) is 2. The van der Waals surface area contributed by atoms with Crippen LogP contribution in [0.2, 0.25) is 0 Å². The highest BCUT2D eigenvalue weighted by atomic mass is 16.7. The van der Waals surface area contributed by atoms with Crippen LogP contribution in [0.1, 0.15) is 40.0 Å². The Kier molecular flexibility index (Phi) is 3.08. The number of aliphatic hydroxyl groups excluding tert-OH is 1. The quantitative estimate of drug-likeness (QED) is 0.781. The lowest BCUT2D eigenvalue weighted by Crippen LogP contribution is -2.41. The lowest BCUT2D eigenvalue weighted by atomic mass is 9.81. The first-order valence-electron chi connectivity index (χ1n) is 7.44. The molecule has 3 aliphatic rings. The molecule has 1 saturated heterocycles. The van der Waals surface area contributed by atoms with Gasteiger partial charge in [-0.15, -0.1) is 0 Å². The van der Waals surface area contributed by atoms with Crippen LogP contribution in [-0.2, 0) is 9.47 Å². The largest absolute Gasteiger partial charge is 0.392 e. The molecule has 0 aromatic heterocycles. The second-order valence-electron chi connectivity index (χ2n) is 7.38. The average molecular weight is 266 g/mol. The Morgan fingerprint density at radius 1 is 1.37 bits per heavy atom. The molecule has 1 N–H and O–H groups in total. The fourth-order valence-corrected chi connectivity index (χ4v) is 4.64. The normalized spacial score (nSPS) is 44.4. The van der Waals surface area contributed by atoms with Crippen molar-refractivity contribution < 1.29 is 14.6 Å². The second kappa shape index (κ2) is 4.31. The van der Waals surface area contributed by atoms with Gasteiger partial charge >= 0.3 is 0 Å². The summed E-state index contributed by atoms with van der Waals surface area (Å²) in [6.07, 6.45) is 3.20. The molecule has 2 fully saturated rings. The zero-order chi connectivity index (χ0) is 13.8. The molecule has 1 aliphatic heterocycles. The summed E-state index contributed by atoms with van der Waals surface area (Å²) in [4.78, 5) is 0. The van der Waals surface area contributed by atoms with Gasteiger partial charge < -0.3 is 14.6 Å². The van der Waals surface area contributed by atoms with E-state index in [1.54, 1.807) is 7.11 Å². The monoisotopic (exact) mass is 266 g/mol. The molecule has 0 aromatic carbocycles. The van der Waals surface area contributed by atoms with E-state index in [2.05, 4.69) is 20.8 Å². The maximum Gasteiger partial charge on any atom is 0.171 e.